The lowest BCUT2D eigenvalue weighted by atomic mass is 10.0. The third kappa shape index (κ3) is 2.47. The lowest BCUT2D eigenvalue weighted by Crippen LogP contribution is -1.96. The predicted molar refractivity (Wildman–Crippen MR) is 59.1 cm³/mol. The van der Waals surface area contributed by atoms with Crippen molar-refractivity contribution in [1.29, 1.82) is 0 Å². The van der Waals surface area contributed by atoms with Gasteiger partial charge in [0.05, 0.1) is 11.1 Å². The van der Waals surface area contributed by atoms with Gasteiger partial charge in [0, 0.05) is 0 Å². The summed E-state index contributed by atoms with van der Waals surface area (Å²) in [6.45, 7) is 8.72. The van der Waals surface area contributed by atoms with Crippen LogP contribution in [0.5, 0.6) is 5.75 Å². The van der Waals surface area contributed by atoms with E-state index in [9.17, 15) is 0 Å². The summed E-state index contributed by atoms with van der Waals surface area (Å²) in [5.74, 6) is 1.17. The van der Waals surface area contributed by atoms with Crippen LogP contribution in [0, 0.1) is 6.92 Å². The van der Waals surface area contributed by atoms with Crippen LogP contribution in [0.25, 0.3) is 0 Å². The van der Waals surface area contributed by atoms with Crippen molar-refractivity contribution in [2.75, 3.05) is 6.61 Å². The van der Waals surface area contributed by atoms with E-state index >= 15 is 0 Å². The molecule has 1 radical (unpaired) electrons. The Morgan fingerprint density at radius 1 is 1.54 bits per heavy atom. The minimum Gasteiger partial charge on any atom is -0.493 e. The first-order chi connectivity index (χ1) is 6.16. The Labute approximate surface area is 88.2 Å². The molecular formula is C11H14BrO. The SMILES string of the molecule is [CH2]C(C)c1cccc(OCC)c1Br. The highest BCUT2D eigenvalue weighted by molar-refractivity contribution is 9.10. The van der Waals surface area contributed by atoms with Gasteiger partial charge in [-0.1, -0.05) is 19.1 Å². The molecule has 0 N–H and O–H groups in total. The second-order valence-corrected chi connectivity index (χ2v) is 3.79. The van der Waals surface area contributed by atoms with Crippen LogP contribution in [-0.2, 0) is 0 Å². The molecule has 0 amide bonds. The summed E-state index contributed by atoms with van der Waals surface area (Å²) in [4.78, 5) is 0. The number of rotatable bonds is 3. The van der Waals surface area contributed by atoms with Crippen LogP contribution in [-0.4, -0.2) is 6.61 Å². The highest BCUT2D eigenvalue weighted by atomic mass is 79.9. The molecule has 71 valence electrons. The molecule has 0 fully saturated rings. The fraction of sp³-hybridized carbons (Fsp3) is 0.364. The maximum atomic E-state index is 5.45. The normalized spacial score (nSPS) is 10.5. The summed E-state index contributed by atoms with van der Waals surface area (Å²) in [6.07, 6.45) is 0. The Kier molecular flexibility index (Phi) is 3.79. The molecule has 0 aliphatic rings. The molecule has 0 saturated heterocycles. The van der Waals surface area contributed by atoms with Gasteiger partial charge in [-0.15, -0.1) is 0 Å². The molecule has 1 aromatic carbocycles. The molecule has 0 aromatic heterocycles. The van der Waals surface area contributed by atoms with E-state index in [4.69, 9.17) is 4.74 Å². The van der Waals surface area contributed by atoms with Crippen molar-refractivity contribution in [2.45, 2.75) is 19.8 Å². The molecule has 1 unspecified atom stereocenters. The molecule has 1 aromatic rings. The van der Waals surface area contributed by atoms with E-state index in [1.54, 1.807) is 0 Å². The van der Waals surface area contributed by atoms with Crippen molar-refractivity contribution in [3.8, 4) is 5.75 Å². The lowest BCUT2D eigenvalue weighted by Gasteiger charge is -2.12. The molecule has 1 rings (SSSR count). The highest BCUT2D eigenvalue weighted by Gasteiger charge is 2.08. The zero-order valence-electron chi connectivity index (χ0n) is 8.01. The molecule has 0 aliphatic heterocycles. The summed E-state index contributed by atoms with van der Waals surface area (Å²) in [6, 6.07) is 6.01. The lowest BCUT2D eigenvalue weighted by molar-refractivity contribution is 0.337. The first-order valence-corrected chi connectivity index (χ1v) is 5.20. The van der Waals surface area contributed by atoms with Crippen molar-refractivity contribution < 1.29 is 4.74 Å². The standard InChI is InChI=1S/C11H14BrO/c1-4-13-10-7-5-6-9(8(2)3)11(10)12/h5-8H,2,4H2,1,3H3. The summed E-state index contributed by atoms with van der Waals surface area (Å²) in [5, 5.41) is 0. The van der Waals surface area contributed by atoms with Crippen LogP contribution in [0.3, 0.4) is 0 Å². The van der Waals surface area contributed by atoms with Crippen molar-refractivity contribution in [3.05, 3.63) is 35.2 Å². The van der Waals surface area contributed by atoms with Gasteiger partial charge in [-0.2, -0.15) is 0 Å². The minimum atomic E-state index is 0.273. The van der Waals surface area contributed by atoms with Gasteiger partial charge in [0.25, 0.3) is 0 Å². The van der Waals surface area contributed by atoms with Crippen molar-refractivity contribution in [3.63, 3.8) is 0 Å². The van der Waals surface area contributed by atoms with Crippen molar-refractivity contribution >= 4 is 15.9 Å². The zero-order valence-corrected chi connectivity index (χ0v) is 9.60. The highest BCUT2D eigenvalue weighted by Crippen LogP contribution is 2.32. The number of hydrogen-bond acceptors (Lipinski definition) is 1. The largest absolute Gasteiger partial charge is 0.493 e. The number of ether oxygens (including phenoxy) is 1. The fourth-order valence-corrected chi connectivity index (χ4v) is 1.94. The molecule has 2 heteroatoms. The first kappa shape index (κ1) is 10.6. The number of halogens is 1. The van der Waals surface area contributed by atoms with Crippen LogP contribution in [0.4, 0.5) is 0 Å². The van der Waals surface area contributed by atoms with Crippen LogP contribution < -0.4 is 4.74 Å². The monoisotopic (exact) mass is 241 g/mol. The van der Waals surface area contributed by atoms with Gasteiger partial charge < -0.3 is 4.74 Å². The van der Waals surface area contributed by atoms with Crippen LogP contribution >= 0.6 is 15.9 Å². The molecule has 1 nitrogen and oxygen atoms in total. The Morgan fingerprint density at radius 3 is 2.77 bits per heavy atom. The van der Waals surface area contributed by atoms with Gasteiger partial charge in [0.1, 0.15) is 5.75 Å². The second kappa shape index (κ2) is 4.66. The van der Waals surface area contributed by atoms with E-state index in [-0.39, 0.29) is 5.92 Å². The number of benzene rings is 1. The summed E-state index contributed by atoms with van der Waals surface area (Å²) in [7, 11) is 0. The predicted octanol–water partition coefficient (Wildman–Crippen LogP) is 3.79. The van der Waals surface area contributed by atoms with E-state index in [2.05, 4.69) is 35.8 Å². The van der Waals surface area contributed by atoms with Gasteiger partial charge in [-0.3, -0.25) is 0 Å². The third-order valence-electron chi connectivity index (χ3n) is 1.82. The van der Waals surface area contributed by atoms with Crippen molar-refractivity contribution in [1.82, 2.24) is 0 Å². The zero-order chi connectivity index (χ0) is 9.84. The van der Waals surface area contributed by atoms with Gasteiger partial charge in [0.15, 0.2) is 0 Å². The molecule has 13 heavy (non-hydrogen) atoms. The van der Waals surface area contributed by atoms with E-state index in [1.165, 1.54) is 5.56 Å². The molecular weight excluding hydrogens is 228 g/mol. The van der Waals surface area contributed by atoms with Crippen LogP contribution in [0.15, 0.2) is 22.7 Å². The van der Waals surface area contributed by atoms with E-state index in [0.717, 1.165) is 10.2 Å². The van der Waals surface area contributed by atoms with Crippen LogP contribution in [0.1, 0.15) is 25.3 Å². The van der Waals surface area contributed by atoms with Crippen molar-refractivity contribution in [2.24, 2.45) is 0 Å². The quantitative estimate of drug-likeness (QED) is 0.783. The number of hydrogen-bond donors (Lipinski definition) is 0. The maximum absolute atomic E-state index is 5.45. The summed E-state index contributed by atoms with van der Waals surface area (Å²) >= 11 is 3.52. The van der Waals surface area contributed by atoms with Gasteiger partial charge in [-0.05, 0) is 47.3 Å². The van der Waals surface area contributed by atoms with Gasteiger partial charge in [-0.25, -0.2) is 0 Å². The van der Waals surface area contributed by atoms with Crippen LogP contribution in [0.2, 0.25) is 0 Å². The average Bonchev–Trinajstić information content (AvgIpc) is 2.08. The molecule has 0 heterocycles. The summed E-state index contributed by atoms with van der Waals surface area (Å²) < 4.78 is 6.48. The van der Waals surface area contributed by atoms with E-state index in [1.807, 2.05) is 19.1 Å². The Bertz CT molecular complexity index is 281. The molecule has 0 saturated carbocycles. The second-order valence-electron chi connectivity index (χ2n) is 2.99. The van der Waals surface area contributed by atoms with Gasteiger partial charge in [0.2, 0.25) is 0 Å². The smallest absolute Gasteiger partial charge is 0.133 e. The Hall–Kier alpha value is -0.500. The maximum Gasteiger partial charge on any atom is 0.133 e. The fourth-order valence-electron chi connectivity index (χ4n) is 1.18. The minimum absolute atomic E-state index is 0.273. The topological polar surface area (TPSA) is 9.23 Å². The van der Waals surface area contributed by atoms with E-state index in [0.29, 0.717) is 6.61 Å². The average molecular weight is 242 g/mol. The third-order valence-corrected chi connectivity index (χ3v) is 2.67. The molecule has 0 bridgehead atoms. The molecule has 0 spiro atoms. The molecule has 1 atom stereocenters. The molecule has 0 aliphatic carbocycles. The summed E-state index contributed by atoms with van der Waals surface area (Å²) in [5.41, 5.74) is 1.19. The Balaban J connectivity index is 3.03. The van der Waals surface area contributed by atoms with Gasteiger partial charge >= 0.3 is 0 Å². The first-order valence-electron chi connectivity index (χ1n) is 4.41. The Morgan fingerprint density at radius 2 is 2.23 bits per heavy atom. The van der Waals surface area contributed by atoms with E-state index < -0.39 is 0 Å².